The minimum atomic E-state index is -0.311. The van der Waals surface area contributed by atoms with E-state index >= 15 is 0 Å². The second-order valence-electron chi connectivity index (χ2n) is 5.32. The lowest BCUT2D eigenvalue weighted by Crippen LogP contribution is -2.33. The lowest BCUT2D eigenvalue weighted by molar-refractivity contribution is -0.144. The fourth-order valence-corrected chi connectivity index (χ4v) is 2.18. The number of hydrogen-bond acceptors (Lipinski definition) is 4. The number of nitrogens with zero attached hydrogens (tertiary/aromatic N) is 1. The van der Waals surface area contributed by atoms with E-state index in [-0.39, 0.29) is 36.9 Å². The topological polar surface area (TPSA) is 63.7 Å². The zero-order valence-corrected chi connectivity index (χ0v) is 14.1. The van der Waals surface area contributed by atoms with Crippen LogP contribution in [0.4, 0.5) is 0 Å². The molecule has 126 valence electrons. The van der Waals surface area contributed by atoms with Gasteiger partial charge in [-0.05, 0) is 20.8 Å². The number of Topliss-reactive ketones (excluding diaryl/α,β-unsaturated/α-hetero) is 1. The molecule has 1 aromatic carbocycles. The number of carbonyl (C=O) groups excluding carboxylic acids is 3. The van der Waals surface area contributed by atoms with Gasteiger partial charge < -0.3 is 9.64 Å². The number of aryl methyl sites for hydroxylation is 1. The Bertz CT molecular complexity index is 536. The highest BCUT2D eigenvalue weighted by molar-refractivity contribution is 5.98. The van der Waals surface area contributed by atoms with E-state index in [0.717, 1.165) is 5.56 Å². The monoisotopic (exact) mass is 319 g/mol. The van der Waals surface area contributed by atoms with Gasteiger partial charge in [0, 0.05) is 31.5 Å². The van der Waals surface area contributed by atoms with Crippen molar-refractivity contribution < 1.29 is 19.1 Å². The van der Waals surface area contributed by atoms with Crippen molar-refractivity contribution in [1.82, 2.24) is 4.90 Å². The molecule has 5 nitrogen and oxygen atoms in total. The smallest absolute Gasteiger partial charge is 0.307 e. The average Bonchev–Trinajstić information content (AvgIpc) is 2.54. The summed E-state index contributed by atoms with van der Waals surface area (Å²) in [7, 11) is 0. The van der Waals surface area contributed by atoms with Crippen LogP contribution in [0.15, 0.2) is 24.3 Å². The third-order valence-corrected chi connectivity index (χ3v) is 3.57. The normalized spacial score (nSPS) is 10.2. The maximum absolute atomic E-state index is 12.2. The molecule has 1 rings (SSSR count). The summed E-state index contributed by atoms with van der Waals surface area (Å²) in [5.74, 6) is -0.466. The lowest BCUT2D eigenvalue weighted by atomic mass is 10.0. The van der Waals surface area contributed by atoms with Gasteiger partial charge in [0.25, 0.3) is 0 Å². The van der Waals surface area contributed by atoms with Gasteiger partial charge in [0.15, 0.2) is 5.78 Å². The molecule has 0 atom stereocenters. The molecule has 0 aliphatic rings. The summed E-state index contributed by atoms with van der Waals surface area (Å²) in [5.41, 5.74) is 1.71. The Morgan fingerprint density at radius 2 is 1.65 bits per heavy atom. The van der Waals surface area contributed by atoms with Crippen molar-refractivity contribution in [2.45, 2.75) is 40.0 Å². The Labute approximate surface area is 137 Å². The van der Waals surface area contributed by atoms with Gasteiger partial charge in [-0.2, -0.15) is 0 Å². The van der Waals surface area contributed by atoms with Crippen molar-refractivity contribution in [2.24, 2.45) is 0 Å². The molecule has 0 saturated carbocycles. The van der Waals surface area contributed by atoms with Crippen LogP contribution in [0.1, 0.15) is 49.0 Å². The molecule has 0 fully saturated rings. The van der Waals surface area contributed by atoms with E-state index in [1.807, 2.05) is 26.0 Å². The van der Waals surface area contributed by atoms with E-state index in [1.165, 1.54) is 0 Å². The first-order valence-electron chi connectivity index (χ1n) is 8.01. The minimum Gasteiger partial charge on any atom is -0.466 e. The number of ether oxygens (including phenoxy) is 1. The molecule has 0 unspecified atom stereocenters. The molecule has 23 heavy (non-hydrogen) atoms. The van der Waals surface area contributed by atoms with Gasteiger partial charge in [0.1, 0.15) is 0 Å². The van der Waals surface area contributed by atoms with Gasteiger partial charge in [-0.15, -0.1) is 0 Å². The standard InChI is InChI=1S/C18H25NO4/c1-4-19(13-12-18(22)23-5-2)17(21)11-10-16(20)15-8-6-14(3)7-9-15/h6-9H,4-5,10-13H2,1-3H3. The molecule has 1 aromatic rings. The molecular formula is C18H25NO4. The van der Waals surface area contributed by atoms with Crippen LogP contribution in [0.3, 0.4) is 0 Å². The highest BCUT2D eigenvalue weighted by Crippen LogP contribution is 2.09. The van der Waals surface area contributed by atoms with Crippen LogP contribution >= 0.6 is 0 Å². The van der Waals surface area contributed by atoms with E-state index in [9.17, 15) is 14.4 Å². The van der Waals surface area contributed by atoms with E-state index in [2.05, 4.69) is 0 Å². The van der Waals surface area contributed by atoms with Gasteiger partial charge in [-0.1, -0.05) is 29.8 Å². The van der Waals surface area contributed by atoms with Crippen molar-refractivity contribution in [3.05, 3.63) is 35.4 Å². The quantitative estimate of drug-likeness (QED) is 0.518. The van der Waals surface area contributed by atoms with Crippen LogP contribution in [0, 0.1) is 6.92 Å². The maximum atomic E-state index is 12.2. The molecule has 0 radical (unpaired) electrons. The Morgan fingerprint density at radius 3 is 2.22 bits per heavy atom. The Kier molecular flexibility index (Phi) is 8.02. The zero-order valence-electron chi connectivity index (χ0n) is 14.1. The van der Waals surface area contributed by atoms with Gasteiger partial charge in [0.2, 0.25) is 5.91 Å². The summed E-state index contributed by atoms with van der Waals surface area (Å²) in [5, 5.41) is 0. The van der Waals surface area contributed by atoms with Crippen LogP contribution in [0.2, 0.25) is 0 Å². The first-order valence-corrected chi connectivity index (χ1v) is 8.01. The van der Waals surface area contributed by atoms with Crippen molar-refractivity contribution in [3.8, 4) is 0 Å². The van der Waals surface area contributed by atoms with Crippen LogP contribution in [-0.2, 0) is 14.3 Å². The van der Waals surface area contributed by atoms with E-state index in [0.29, 0.717) is 25.3 Å². The molecule has 0 saturated heterocycles. The number of benzene rings is 1. The molecule has 0 aliphatic heterocycles. The van der Waals surface area contributed by atoms with Gasteiger partial charge >= 0.3 is 5.97 Å². The lowest BCUT2D eigenvalue weighted by Gasteiger charge is -2.20. The minimum absolute atomic E-state index is 0.0419. The summed E-state index contributed by atoms with van der Waals surface area (Å²) in [6.45, 7) is 6.73. The van der Waals surface area contributed by atoms with Crippen molar-refractivity contribution >= 4 is 17.7 Å². The predicted octanol–water partition coefficient (Wildman–Crippen LogP) is 2.76. The van der Waals surface area contributed by atoms with E-state index in [1.54, 1.807) is 24.0 Å². The van der Waals surface area contributed by atoms with E-state index < -0.39 is 0 Å². The molecule has 0 spiro atoms. The van der Waals surface area contributed by atoms with E-state index in [4.69, 9.17) is 4.74 Å². The Hall–Kier alpha value is -2.17. The molecule has 0 aliphatic carbocycles. The zero-order chi connectivity index (χ0) is 17.2. The Morgan fingerprint density at radius 1 is 1.00 bits per heavy atom. The first-order chi connectivity index (χ1) is 11.0. The van der Waals surface area contributed by atoms with Crippen molar-refractivity contribution in [3.63, 3.8) is 0 Å². The second-order valence-corrected chi connectivity index (χ2v) is 5.32. The summed E-state index contributed by atoms with van der Waals surface area (Å²) >= 11 is 0. The number of rotatable bonds is 9. The molecule has 0 N–H and O–H groups in total. The van der Waals surface area contributed by atoms with Gasteiger partial charge in [-0.3, -0.25) is 14.4 Å². The van der Waals surface area contributed by atoms with Crippen molar-refractivity contribution in [1.29, 1.82) is 0 Å². The molecule has 0 aromatic heterocycles. The maximum Gasteiger partial charge on any atom is 0.307 e. The third kappa shape index (κ3) is 6.63. The average molecular weight is 319 g/mol. The molecule has 5 heteroatoms. The summed E-state index contributed by atoms with van der Waals surface area (Å²) in [6, 6.07) is 7.32. The highest BCUT2D eigenvalue weighted by atomic mass is 16.5. The van der Waals surface area contributed by atoms with Gasteiger partial charge in [0.05, 0.1) is 13.0 Å². The summed E-state index contributed by atoms with van der Waals surface area (Å²) in [6.07, 6.45) is 0.514. The number of ketones is 1. The van der Waals surface area contributed by atoms with Crippen LogP contribution in [-0.4, -0.2) is 42.3 Å². The Balaban J connectivity index is 2.45. The fourth-order valence-electron chi connectivity index (χ4n) is 2.18. The highest BCUT2D eigenvalue weighted by Gasteiger charge is 2.16. The van der Waals surface area contributed by atoms with Crippen LogP contribution < -0.4 is 0 Å². The number of esters is 1. The SMILES string of the molecule is CCOC(=O)CCN(CC)C(=O)CCC(=O)c1ccc(C)cc1. The molecular weight excluding hydrogens is 294 g/mol. The summed E-state index contributed by atoms with van der Waals surface area (Å²) in [4.78, 5) is 37.2. The molecule has 1 amide bonds. The largest absolute Gasteiger partial charge is 0.466 e. The predicted molar refractivity (Wildman–Crippen MR) is 88.2 cm³/mol. The van der Waals surface area contributed by atoms with Crippen molar-refractivity contribution in [2.75, 3.05) is 19.7 Å². The van der Waals surface area contributed by atoms with Crippen LogP contribution in [0.5, 0.6) is 0 Å². The first kappa shape index (κ1) is 18.9. The molecule has 0 bridgehead atoms. The fraction of sp³-hybridized carbons (Fsp3) is 0.500. The van der Waals surface area contributed by atoms with Crippen LogP contribution in [0.25, 0.3) is 0 Å². The van der Waals surface area contributed by atoms with Gasteiger partial charge in [-0.25, -0.2) is 0 Å². The number of carbonyl (C=O) groups is 3. The second kappa shape index (κ2) is 9.77. The summed E-state index contributed by atoms with van der Waals surface area (Å²) < 4.78 is 4.85. The number of hydrogen-bond donors (Lipinski definition) is 0. The number of amides is 1. The molecule has 0 heterocycles. The third-order valence-electron chi connectivity index (χ3n) is 3.57.